The standard InChI is InChI=1S/C16H20N2O6/c1-17-14(19)9-18-15(20)10-24-16(21)5-4-11-6-12(22-2)8-13(7-11)23-3/h4-8H,9-10H2,1-3H3,(H,17,19)(H,18,20)/b5-4+. The number of methoxy groups -OCH3 is 2. The van der Waals surface area contributed by atoms with Crippen LogP contribution < -0.4 is 20.1 Å². The predicted octanol–water partition coefficient (Wildman–Crippen LogP) is 0.122. The number of carbonyl (C=O) groups excluding carboxylic acids is 3. The number of hydrogen-bond acceptors (Lipinski definition) is 6. The van der Waals surface area contributed by atoms with Gasteiger partial charge in [0, 0.05) is 19.2 Å². The number of rotatable bonds is 8. The van der Waals surface area contributed by atoms with Crippen molar-refractivity contribution in [2.75, 3.05) is 34.4 Å². The summed E-state index contributed by atoms with van der Waals surface area (Å²) in [4.78, 5) is 33.9. The van der Waals surface area contributed by atoms with Crippen molar-refractivity contribution in [2.24, 2.45) is 0 Å². The summed E-state index contributed by atoms with van der Waals surface area (Å²) in [6.07, 6.45) is 2.69. The molecule has 0 unspecified atom stereocenters. The van der Waals surface area contributed by atoms with E-state index in [9.17, 15) is 14.4 Å². The second-order valence-corrected chi connectivity index (χ2v) is 4.54. The summed E-state index contributed by atoms with van der Waals surface area (Å²) in [7, 11) is 4.49. The third-order valence-electron chi connectivity index (χ3n) is 2.86. The Hall–Kier alpha value is -3.03. The van der Waals surface area contributed by atoms with Crippen molar-refractivity contribution >= 4 is 23.9 Å². The van der Waals surface area contributed by atoms with Gasteiger partial charge < -0.3 is 24.8 Å². The van der Waals surface area contributed by atoms with Crippen LogP contribution in [0.25, 0.3) is 6.08 Å². The number of benzene rings is 1. The van der Waals surface area contributed by atoms with Gasteiger partial charge in [0.05, 0.1) is 20.8 Å². The molecule has 24 heavy (non-hydrogen) atoms. The van der Waals surface area contributed by atoms with Gasteiger partial charge in [-0.15, -0.1) is 0 Å². The Morgan fingerprint density at radius 3 is 2.21 bits per heavy atom. The lowest BCUT2D eigenvalue weighted by molar-refractivity contribution is -0.143. The average molecular weight is 336 g/mol. The summed E-state index contributed by atoms with van der Waals surface area (Å²) < 4.78 is 15.0. The quantitative estimate of drug-likeness (QED) is 0.516. The fourth-order valence-electron chi connectivity index (χ4n) is 1.59. The number of carbonyl (C=O) groups is 3. The van der Waals surface area contributed by atoms with E-state index in [2.05, 4.69) is 10.6 Å². The maximum atomic E-state index is 11.6. The van der Waals surface area contributed by atoms with Gasteiger partial charge in [-0.05, 0) is 23.8 Å². The summed E-state index contributed by atoms with van der Waals surface area (Å²) in [6.45, 7) is -0.645. The molecule has 2 amide bonds. The monoisotopic (exact) mass is 336 g/mol. The third-order valence-corrected chi connectivity index (χ3v) is 2.86. The van der Waals surface area contributed by atoms with Gasteiger partial charge in [-0.2, -0.15) is 0 Å². The van der Waals surface area contributed by atoms with Gasteiger partial charge in [0.2, 0.25) is 5.91 Å². The van der Waals surface area contributed by atoms with E-state index in [1.54, 1.807) is 18.2 Å². The van der Waals surface area contributed by atoms with Crippen molar-refractivity contribution in [1.82, 2.24) is 10.6 Å². The van der Waals surface area contributed by atoms with Gasteiger partial charge in [0.15, 0.2) is 6.61 Å². The zero-order valence-corrected chi connectivity index (χ0v) is 13.8. The molecule has 1 rings (SSSR count). The van der Waals surface area contributed by atoms with Crippen LogP contribution in [0.4, 0.5) is 0 Å². The second-order valence-electron chi connectivity index (χ2n) is 4.54. The van der Waals surface area contributed by atoms with Crippen molar-refractivity contribution in [3.8, 4) is 11.5 Å². The minimum absolute atomic E-state index is 0.174. The SMILES string of the molecule is CNC(=O)CNC(=O)COC(=O)/C=C/c1cc(OC)cc(OC)c1. The molecule has 1 aromatic carbocycles. The van der Waals surface area contributed by atoms with Crippen LogP contribution in [0.2, 0.25) is 0 Å². The first-order valence-corrected chi connectivity index (χ1v) is 7.03. The lowest BCUT2D eigenvalue weighted by Crippen LogP contribution is -2.37. The van der Waals surface area contributed by atoms with Crippen molar-refractivity contribution in [1.29, 1.82) is 0 Å². The van der Waals surface area contributed by atoms with Crippen molar-refractivity contribution in [3.63, 3.8) is 0 Å². The van der Waals surface area contributed by atoms with E-state index in [-0.39, 0.29) is 12.5 Å². The molecule has 130 valence electrons. The van der Waals surface area contributed by atoms with E-state index < -0.39 is 18.5 Å². The van der Waals surface area contributed by atoms with E-state index in [1.807, 2.05) is 0 Å². The number of amides is 2. The smallest absolute Gasteiger partial charge is 0.331 e. The molecule has 1 aromatic rings. The second kappa shape index (κ2) is 9.88. The zero-order chi connectivity index (χ0) is 17.9. The molecule has 0 aliphatic heterocycles. The van der Waals surface area contributed by atoms with E-state index in [0.717, 1.165) is 0 Å². The van der Waals surface area contributed by atoms with Crippen LogP contribution in [-0.4, -0.2) is 52.2 Å². The molecule has 0 heterocycles. The zero-order valence-electron chi connectivity index (χ0n) is 13.8. The van der Waals surface area contributed by atoms with Crippen LogP contribution in [0, 0.1) is 0 Å². The van der Waals surface area contributed by atoms with Crippen molar-refractivity contribution < 1.29 is 28.6 Å². The molecule has 0 bridgehead atoms. The minimum atomic E-state index is -0.688. The lowest BCUT2D eigenvalue weighted by atomic mass is 10.2. The van der Waals surface area contributed by atoms with Gasteiger partial charge >= 0.3 is 5.97 Å². The number of nitrogens with one attached hydrogen (secondary N) is 2. The Morgan fingerprint density at radius 2 is 1.67 bits per heavy atom. The molecule has 0 radical (unpaired) electrons. The maximum absolute atomic E-state index is 11.6. The summed E-state index contributed by atoms with van der Waals surface area (Å²) in [5.41, 5.74) is 0.673. The predicted molar refractivity (Wildman–Crippen MR) is 86.6 cm³/mol. The molecule has 8 heteroatoms. The molecule has 2 N–H and O–H groups in total. The third kappa shape index (κ3) is 6.82. The molecular weight excluding hydrogens is 316 g/mol. The topological polar surface area (TPSA) is 103 Å². The van der Waals surface area contributed by atoms with E-state index in [1.165, 1.54) is 33.4 Å². The Bertz CT molecular complexity index is 605. The average Bonchev–Trinajstić information content (AvgIpc) is 2.61. The van der Waals surface area contributed by atoms with Crippen LogP contribution in [0.5, 0.6) is 11.5 Å². The molecular formula is C16H20N2O6. The first-order chi connectivity index (χ1) is 11.5. The van der Waals surface area contributed by atoms with E-state index in [0.29, 0.717) is 17.1 Å². The van der Waals surface area contributed by atoms with Crippen LogP contribution in [0.1, 0.15) is 5.56 Å². The van der Waals surface area contributed by atoms with Crippen LogP contribution >= 0.6 is 0 Å². The van der Waals surface area contributed by atoms with Crippen LogP contribution in [0.3, 0.4) is 0 Å². The number of esters is 1. The highest BCUT2D eigenvalue weighted by Gasteiger charge is 2.07. The van der Waals surface area contributed by atoms with Gasteiger partial charge in [-0.3, -0.25) is 9.59 Å². The summed E-state index contributed by atoms with van der Waals surface area (Å²) >= 11 is 0. The van der Waals surface area contributed by atoms with Gasteiger partial charge in [-0.25, -0.2) is 4.79 Å². The van der Waals surface area contributed by atoms with Gasteiger partial charge in [0.1, 0.15) is 11.5 Å². The maximum Gasteiger partial charge on any atom is 0.331 e. The molecule has 0 spiro atoms. The van der Waals surface area contributed by atoms with Gasteiger partial charge in [-0.1, -0.05) is 0 Å². The Labute approximate surface area is 139 Å². The highest BCUT2D eigenvalue weighted by molar-refractivity contribution is 5.90. The van der Waals surface area contributed by atoms with Crippen LogP contribution in [-0.2, 0) is 19.1 Å². The van der Waals surface area contributed by atoms with Crippen molar-refractivity contribution in [3.05, 3.63) is 29.8 Å². The van der Waals surface area contributed by atoms with E-state index in [4.69, 9.17) is 14.2 Å². The minimum Gasteiger partial charge on any atom is -0.497 e. The summed E-state index contributed by atoms with van der Waals surface area (Å²) in [5, 5.41) is 4.66. The molecule has 0 aliphatic rings. The van der Waals surface area contributed by atoms with Crippen LogP contribution in [0.15, 0.2) is 24.3 Å². The molecule has 0 atom stereocenters. The fraction of sp³-hybridized carbons (Fsp3) is 0.312. The normalized spacial score (nSPS) is 10.1. The highest BCUT2D eigenvalue weighted by atomic mass is 16.5. The molecule has 0 fully saturated rings. The Kier molecular flexibility index (Phi) is 7.83. The molecule has 0 aromatic heterocycles. The fourth-order valence-corrected chi connectivity index (χ4v) is 1.59. The first-order valence-electron chi connectivity index (χ1n) is 7.03. The summed E-state index contributed by atoms with van der Waals surface area (Å²) in [5.74, 6) is -0.441. The highest BCUT2D eigenvalue weighted by Crippen LogP contribution is 2.23. The van der Waals surface area contributed by atoms with E-state index >= 15 is 0 Å². The Balaban J connectivity index is 2.51. The van der Waals surface area contributed by atoms with Crippen molar-refractivity contribution in [2.45, 2.75) is 0 Å². The Morgan fingerprint density at radius 1 is 1.04 bits per heavy atom. The first kappa shape index (κ1) is 19.0. The molecule has 0 saturated carbocycles. The number of hydrogen-bond donors (Lipinski definition) is 2. The number of likely N-dealkylation sites (N-methyl/N-ethyl adjacent to an activating group) is 1. The summed E-state index contributed by atoms with van der Waals surface area (Å²) in [6, 6.07) is 5.12. The van der Waals surface area contributed by atoms with Gasteiger partial charge in [0.25, 0.3) is 5.91 Å². The molecule has 0 aliphatic carbocycles. The molecule has 0 saturated heterocycles. The molecule has 8 nitrogen and oxygen atoms in total. The largest absolute Gasteiger partial charge is 0.497 e. The lowest BCUT2D eigenvalue weighted by Gasteiger charge is -2.06. The number of ether oxygens (including phenoxy) is 3.